The molecule has 1 rings (SSSR count). The minimum atomic E-state index is -0.816. The average molecular weight is 269 g/mol. The first kappa shape index (κ1) is 15.6. The number of esters is 1. The molecule has 0 aromatic carbocycles. The van der Waals surface area contributed by atoms with Crippen molar-refractivity contribution in [3.05, 3.63) is 11.4 Å². The number of hydrogen-bond donors (Lipinski definition) is 1. The summed E-state index contributed by atoms with van der Waals surface area (Å²) in [6.07, 6.45) is 2.81. The highest BCUT2D eigenvalue weighted by Crippen LogP contribution is 2.19. The van der Waals surface area contributed by atoms with Gasteiger partial charge in [-0.25, -0.2) is 9.48 Å². The summed E-state index contributed by atoms with van der Waals surface area (Å²) in [6.45, 7) is 6.23. The summed E-state index contributed by atoms with van der Waals surface area (Å²) in [6, 6.07) is 0. The van der Waals surface area contributed by atoms with Gasteiger partial charge in [-0.05, 0) is 19.3 Å². The Morgan fingerprint density at radius 2 is 2.00 bits per heavy atom. The van der Waals surface area contributed by atoms with Crippen molar-refractivity contribution in [3.63, 3.8) is 0 Å². The third-order valence-electron chi connectivity index (χ3n) is 3.46. The molecule has 0 radical (unpaired) electrons. The largest absolute Gasteiger partial charge is 0.464 e. The predicted octanol–water partition coefficient (Wildman–Crippen LogP) is 1.57. The molecule has 0 aliphatic carbocycles. The minimum absolute atomic E-state index is 0.249. The van der Waals surface area contributed by atoms with Crippen LogP contribution in [0.5, 0.6) is 0 Å². The smallest absolute Gasteiger partial charge is 0.360 e. The molecule has 0 unspecified atom stereocenters. The Balaban J connectivity index is 3.07. The van der Waals surface area contributed by atoms with Crippen molar-refractivity contribution >= 4 is 5.97 Å². The molecule has 0 aliphatic heterocycles. The van der Waals surface area contributed by atoms with Gasteiger partial charge in [0.15, 0.2) is 5.69 Å². The van der Waals surface area contributed by atoms with E-state index in [1.165, 1.54) is 7.11 Å². The van der Waals surface area contributed by atoms with Gasteiger partial charge in [0.25, 0.3) is 0 Å². The highest BCUT2D eigenvalue weighted by molar-refractivity contribution is 5.88. The van der Waals surface area contributed by atoms with Gasteiger partial charge in [0.2, 0.25) is 0 Å². The van der Waals surface area contributed by atoms with Gasteiger partial charge in [-0.3, -0.25) is 0 Å². The molecule has 0 saturated heterocycles. The van der Waals surface area contributed by atoms with Crippen LogP contribution < -0.4 is 0 Å². The summed E-state index contributed by atoms with van der Waals surface area (Å²) in [5.74, 6) is -0.480. The van der Waals surface area contributed by atoms with Gasteiger partial charge in [-0.2, -0.15) is 0 Å². The average Bonchev–Trinajstić information content (AvgIpc) is 2.81. The van der Waals surface area contributed by atoms with Crippen molar-refractivity contribution in [2.75, 3.05) is 7.11 Å². The van der Waals surface area contributed by atoms with Gasteiger partial charge in [0.1, 0.15) is 0 Å². The number of nitrogens with zero attached hydrogens (tertiary/aromatic N) is 3. The Kier molecular flexibility index (Phi) is 5.47. The lowest BCUT2D eigenvalue weighted by atomic mass is 9.97. The molecule has 108 valence electrons. The summed E-state index contributed by atoms with van der Waals surface area (Å²) >= 11 is 0. The van der Waals surface area contributed by atoms with Crippen molar-refractivity contribution < 1.29 is 14.6 Å². The second kappa shape index (κ2) is 6.65. The molecule has 19 heavy (non-hydrogen) atoms. The van der Waals surface area contributed by atoms with Gasteiger partial charge >= 0.3 is 5.97 Å². The van der Waals surface area contributed by atoms with E-state index in [0.717, 1.165) is 12.1 Å². The van der Waals surface area contributed by atoms with E-state index in [0.29, 0.717) is 25.8 Å². The minimum Gasteiger partial charge on any atom is -0.464 e. The summed E-state index contributed by atoms with van der Waals surface area (Å²) in [5.41, 5.74) is 0.164. The Bertz CT molecular complexity index is 425. The molecule has 6 heteroatoms. The molecular formula is C13H23N3O3. The number of carbonyl (C=O) groups excluding carboxylic acids is 1. The number of carbonyl (C=O) groups is 1. The summed E-state index contributed by atoms with van der Waals surface area (Å²) < 4.78 is 6.33. The van der Waals surface area contributed by atoms with E-state index in [4.69, 9.17) is 4.74 Å². The summed E-state index contributed by atoms with van der Waals surface area (Å²) in [7, 11) is 1.32. The SMILES string of the molecule is CCCc1c(C(=O)OC)nnn1CC(O)(CC)CC. The number of aromatic nitrogens is 3. The zero-order chi connectivity index (χ0) is 14.5. The van der Waals surface area contributed by atoms with Gasteiger partial charge in [-0.1, -0.05) is 32.4 Å². The highest BCUT2D eigenvalue weighted by atomic mass is 16.5. The van der Waals surface area contributed by atoms with Crippen LogP contribution in [0.15, 0.2) is 0 Å². The van der Waals surface area contributed by atoms with Crippen LogP contribution in [-0.4, -0.2) is 38.8 Å². The zero-order valence-electron chi connectivity index (χ0n) is 12.1. The molecule has 1 heterocycles. The van der Waals surface area contributed by atoms with Crippen molar-refractivity contribution in [2.45, 2.75) is 58.6 Å². The van der Waals surface area contributed by atoms with Gasteiger partial charge in [-0.15, -0.1) is 5.10 Å². The molecule has 1 aromatic rings. The molecule has 1 aromatic heterocycles. The lowest BCUT2D eigenvalue weighted by Gasteiger charge is -2.25. The zero-order valence-corrected chi connectivity index (χ0v) is 12.1. The molecule has 0 saturated carbocycles. The van der Waals surface area contributed by atoms with Crippen LogP contribution in [-0.2, 0) is 17.7 Å². The first-order valence-electron chi connectivity index (χ1n) is 6.74. The van der Waals surface area contributed by atoms with E-state index in [9.17, 15) is 9.90 Å². The second-order valence-electron chi connectivity index (χ2n) is 4.72. The van der Waals surface area contributed by atoms with Crippen LogP contribution in [0.4, 0.5) is 0 Å². The number of methoxy groups -OCH3 is 1. The molecule has 0 atom stereocenters. The Morgan fingerprint density at radius 1 is 1.37 bits per heavy atom. The third-order valence-corrected chi connectivity index (χ3v) is 3.46. The van der Waals surface area contributed by atoms with Crippen molar-refractivity contribution in [1.82, 2.24) is 15.0 Å². The van der Waals surface area contributed by atoms with E-state index in [1.807, 2.05) is 20.8 Å². The highest BCUT2D eigenvalue weighted by Gasteiger charge is 2.27. The normalized spacial score (nSPS) is 11.6. The lowest BCUT2D eigenvalue weighted by molar-refractivity contribution is 0.0106. The van der Waals surface area contributed by atoms with Crippen LogP contribution in [0.3, 0.4) is 0 Å². The molecule has 0 bridgehead atoms. The predicted molar refractivity (Wildman–Crippen MR) is 70.9 cm³/mol. The van der Waals surface area contributed by atoms with Crippen LogP contribution in [0.2, 0.25) is 0 Å². The van der Waals surface area contributed by atoms with E-state index in [2.05, 4.69) is 10.3 Å². The standard InChI is InChI=1S/C13H23N3O3/c1-5-8-10-11(12(17)19-4)14-15-16(10)9-13(18,6-2)7-3/h18H,5-9H2,1-4H3. The van der Waals surface area contributed by atoms with E-state index in [-0.39, 0.29) is 5.69 Å². The van der Waals surface area contributed by atoms with Crippen LogP contribution in [0.25, 0.3) is 0 Å². The summed E-state index contributed by atoms with van der Waals surface area (Å²) in [5, 5.41) is 18.3. The van der Waals surface area contributed by atoms with Crippen LogP contribution >= 0.6 is 0 Å². The van der Waals surface area contributed by atoms with Gasteiger partial charge in [0, 0.05) is 0 Å². The van der Waals surface area contributed by atoms with E-state index >= 15 is 0 Å². The maximum Gasteiger partial charge on any atom is 0.360 e. The van der Waals surface area contributed by atoms with Crippen molar-refractivity contribution in [3.8, 4) is 0 Å². The maximum absolute atomic E-state index is 11.6. The fourth-order valence-electron chi connectivity index (χ4n) is 1.95. The molecule has 6 nitrogen and oxygen atoms in total. The maximum atomic E-state index is 11.6. The van der Waals surface area contributed by atoms with E-state index in [1.54, 1.807) is 4.68 Å². The summed E-state index contributed by atoms with van der Waals surface area (Å²) in [4.78, 5) is 11.6. The molecule has 0 fully saturated rings. The molecular weight excluding hydrogens is 246 g/mol. The first-order chi connectivity index (χ1) is 9.01. The van der Waals surface area contributed by atoms with Gasteiger partial charge in [0.05, 0.1) is 24.9 Å². The van der Waals surface area contributed by atoms with Crippen LogP contribution in [0, 0.1) is 0 Å². The number of hydrogen-bond acceptors (Lipinski definition) is 5. The quantitative estimate of drug-likeness (QED) is 0.760. The Hall–Kier alpha value is -1.43. The molecule has 1 N–H and O–H groups in total. The fraction of sp³-hybridized carbons (Fsp3) is 0.769. The molecule has 0 aliphatic rings. The number of ether oxygens (including phenoxy) is 1. The van der Waals surface area contributed by atoms with Crippen molar-refractivity contribution in [2.24, 2.45) is 0 Å². The Morgan fingerprint density at radius 3 is 2.47 bits per heavy atom. The van der Waals surface area contributed by atoms with Crippen LogP contribution in [0.1, 0.15) is 56.2 Å². The third kappa shape index (κ3) is 3.53. The van der Waals surface area contributed by atoms with Gasteiger partial charge < -0.3 is 9.84 Å². The monoisotopic (exact) mass is 269 g/mol. The first-order valence-corrected chi connectivity index (χ1v) is 6.74. The topological polar surface area (TPSA) is 77.2 Å². The molecule has 0 amide bonds. The second-order valence-corrected chi connectivity index (χ2v) is 4.72. The Labute approximate surface area is 113 Å². The number of rotatable bonds is 7. The fourth-order valence-corrected chi connectivity index (χ4v) is 1.95. The molecule has 0 spiro atoms. The number of aliphatic hydroxyl groups is 1. The lowest BCUT2D eigenvalue weighted by Crippen LogP contribution is -2.33. The van der Waals surface area contributed by atoms with Crippen molar-refractivity contribution in [1.29, 1.82) is 0 Å². The van der Waals surface area contributed by atoms with E-state index < -0.39 is 11.6 Å².